The Labute approximate surface area is 105 Å². The van der Waals surface area contributed by atoms with E-state index in [1.807, 2.05) is 0 Å². The Balaban J connectivity index is 2.93. The third kappa shape index (κ3) is 3.20. The van der Waals surface area contributed by atoms with Crippen LogP contribution < -0.4 is 4.18 Å². The number of para-hydroxylation sites is 1. The van der Waals surface area contributed by atoms with E-state index in [2.05, 4.69) is 15.9 Å². The average molecular weight is 308 g/mol. The zero-order chi connectivity index (χ0) is 12.2. The van der Waals surface area contributed by atoms with Crippen molar-refractivity contribution in [2.24, 2.45) is 0 Å². The molecular weight excluding hydrogens is 294 g/mol. The molecule has 0 fully saturated rings. The van der Waals surface area contributed by atoms with Crippen LogP contribution in [0, 0.1) is 0 Å². The summed E-state index contributed by atoms with van der Waals surface area (Å²) in [6.45, 7) is 4.32. The van der Waals surface area contributed by atoms with Gasteiger partial charge in [-0.25, -0.2) is 0 Å². The molecular formula is C10H14BrNO3S. The standard InChI is InChI=1S/C10H14BrNO3S/c1-3-12(4-2)16(13,14)15-10-8-6-5-7-9(10)11/h5-8H,3-4H2,1-2H3. The first-order valence-corrected chi connectivity index (χ1v) is 7.11. The quantitative estimate of drug-likeness (QED) is 0.839. The molecule has 0 amide bonds. The predicted molar refractivity (Wildman–Crippen MR) is 66.6 cm³/mol. The minimum Gasteiger partial charge on any atom is -0.370 e. The molecule has 0 aliphatic rings. The van der Waals surface area contributed by atoms with Gasteiger partial charge in [0.1, 0.15) is 0 Å². The molecule has 0 unspecified atom stereocenters. The van der Waals surface area contributed by atoms with Crippen molar-refractivity contribution in [2.75, 3.05) is 13.1 Å². The van der Waals surface area contributed by atoms with Crippen LogP contribution in [-0.2, 0) is 10.3 Å². The molecule has 90 valence electrons. The SMILES string of the molecule is CCN(CC)S(=O)(=O)Oc1ccccc1Br. The lowest BCUT2D eigenvalue weighted by Crippen LogP contribution is -2.34. The zero-order valence-electron chi connectivity index (χ0n) is 9.18. The Morgan fingerprint density at radius 2 is 1.81 bits per heavy atom. The Bertz CT molecular complexity index is 443. The van der Waals surface area contributed by atoms with Crippen LogP contribution in [0.3, 0.4) is 0 Å². The van der Waals surface area contributed by atoms with Crippen LogP contribution in [0.15, 0.2) is 28.7 Å². The van der Waals surface area contributed by atoms with Crippen molar-refractivity contribution in [3.8, 4) is 5.75 Å². The molecule has 0 N–H and O–H groups in total. The van der Waals surface area contributed by atoms with Gasteiger partial charge < -0.3 is 4.18 Å². The van der Waals surface area contributed by atoms with Crippen LogP contribution in [0.5, 0.6) is 5.75 Å². The topological polar surface area (TPSA) is 46.6 Å². The van der Waals surface area contributed by atoms with Crippen molar-refractivity contribution in [3.63, 3.8) is 0 Å². The highest BCUT2D eigenvalue weighted by Gasteiger charge is 2.21. The maximum absolute atomic E-state index is 11.8. The molecule has 0 aliphatic heterocycles. The fraction of sp³-hybridized carbons (Fsp3) is 0.400. The van der Waals surface area contributed by atoms with Gasteiger partial charge in [-0.3, -0.25) is 0 Å². The number of hydrogen-bond donors (Lipinski definition) is 0. The molecule has 4 nitrogen and oxygen atoms in total. The second kappa shape index (κ2) is 5.65. The van der Waals surface area contributed by atoms with Crippen LogP contribution in [0.4, 0.5) is 0 Å². The largest absolute Gasteiger partial charge is 0.385 e. The fourth-order valence-electron chi connectivity index (χ4n) is 1.22. The van der Waals surface area contributed by atoms with Crippen LogP contribution in [0.2, 0.25) is 0 Å². The molecule has 0 radical (unpaired) electrons. The molecule has 1 aromatic carbocycles. The van der Waals surface area contributed by atoms with Gasteiger partial charge in [-0.05, 0) is 28.1 Å². The molecule has 0 saturated carbocycles. The van der Waals surface area contributed by atoms with Crippen molar-refractivity contribution in [2.45, 2.75) is 13.8 Å². The first kappa shape index (κ1) is 13.5. The summed E-state index contributed by atoms with van der Waals surface area (Å²) in [6, 6.07) is 6.84. The molecule has 0 aromatic heterocycles. The van der Waals surface area contributed by atoms with Crippen molar-refractivity contribution in [3.05, 3.63) is 28.7 Å². The Hall–Kier alpha value is -0.590. The fourth-order valence-corrected chi connectivity index (χ4v) is 2.80. The number of rotatable bonds is 5. The van der Waals surface area contributed by atoms with Gasteiger partial charge in [-0.1, -0.05) is 26.0 Å². The lowest BCUT2D eigenvalue weighted by Gasteiger charge is -2.18. The summed E-state index contributed by atoms with van der Waals surface area (Å²) >= 11 is 3.23. The van der Waals surface area contributed by atoms with E-state index in [0.29, 0.717) is 23.3 Å². The van der Waals surface area contributed by atoms with Crippen LogP contribution in [-0.4, -0.2) is 25.8 Å². The number of nitrogens with zero attached hydrogens (tertiary/aromatic N) is 1. The van der Waals surface area contributed by atoms with Gasteiger partial charge >= 0.3 is 10.3 Å². The molecule has 16 heavy (non-hydrogen) atoms. The van der Waals surface area contributed by atoms with Crippen molar-refractivity contribution < 1.29 is 12.6 Å². The molecule has 1 aromatic rings. The van der Waals surface area contributed by atoms with Gasteiger partial charge in [0.25, 0.3) is 0 Å². The first-order chi connectivity index (χ1) is 7.51. The number of halogens is 1. The lowest BCUT2D eigenvalue weighted by molar-refractivity contribution is 0.375. The third-order valence-electron chi connectivity index (χ3n) is 2.05. The predicted octanol–water partition coefficient (Wildman–Crippen LogP) is 2.41. The molecule has 6 heteroatoms. The summed E-state index contributed by atoms with van der Waals surface area (Å²) in [5.41, 5.74) is 0. The summed E-state index contributed by atoms with van der Waals surface area (Å²) in [7, 11) is -3.69. The summed E-state index contributed by atoms with van der Waals surface area (Å²) in [4.78, 5) is 0. The minimum atomic E-state index is -3.69. The molecule has 0 bridgehead atoms. The smallest absolute Gasteiger partial charge is 0.370 e. The van der Waals surface area contributed by atoms with Crippen LogP contribution in [0.25, 0.3) is 0 Å². The van der Waals surface area contributed by atoms with Gasteiger partial charge in [-0.15, -0.1) is 0 Å². The van der Waals surface area contributed by atoms with E-state index in [1.165, 1.54) is 4.31 Å². The molecule has 1 rings (SSSR count). The maximum atomic E-state index is 11.8. The summed E-state index contributed by atoms with van der Waals surface area (Å²) in [6.07, 6.45) is 0. The summed E-state index contributed by atoms with van der Waals surface area (Å²) < 4.78 is 30.5. The summed E-state index contributed by atoms with van der Waals surface area (Å²) in [5.74, 6) is 0.300. The van der Waals surface area contributed by atoms with E-state index in [4.69, 9.17) is 4.18 Å². The molecule has 0 spiro atoms. The Morgan fingerprint density at radius 1 is 1.25 bits per heavy atom. The van der Waals surface area contributed by atoms with E-state index >= 15 is 0 Å². The average Bonchev–Trinajstić information content (AvgIpc) is 2.22. The molecule has 0 saturated heterocycles. The van der Waals surface area contributed by atoms with Crippen molar-refractivity contribution >= 4 is 26.2 Å². The summed E-state index contributed by atoms with van der Waals surface area (Å²) in [5, 5.41) is 0. The molecule has 0 heterocycles. The van der Waals surface area contributed by atoms with Crippen LogP contribution >= 0.6 is 15.9 Å². The van der Waals surface area contributed by atoms with Gasteiger partial charge in [0.15, 0.2) is 5.75 Å². The maximum Gasteiger partial charge on any atom is 0.385 e. The Morgan fingerprint density at radius 3 is 2.31 bits per heavy atom. The van der Waals surface area contributed by atoms with Gasteiger partial charge in [-0.2, -0.15) is 12.7 Å². The van der Waals surface area contributed by atoms with E-state index in [-0.39, 0.29) is 0 Å². The zero-order valence-corrected chi connectivity index (χ0v) is 11.6. The van der Waals surface area contributed by atoms with Crippen LogP contribution in [0.1, 0.15) is 13.8 Å². The second-order valence-electron chi connectivity index (χ2n) is 3.06. The first-order valence-electron chi connectivity index (χ1n) is 4.95. The van der Waals surface area contributed by atoms with Gasteiger partial charge in [0, 0.05) is 13.1 Å². The van der Waals surface area contributed by atoms with E-state index in [0.717, 1.165) is 0 Å². The highest BCUT2D eigenvalue weighted by molar-refractivity contribution is 9.10. The Kier molecular flexibility index (Phi) is 4.76. The highest BCUT2D eigenvalue weighted by atomic mass is 79.9. The number of hydrogen-bond acceptors (Lipinski definition) is 3. The second-order valence-corrected chi connectivity index (χ2v) is 5.45. The van der Waals surface area contributed by atoms with Crippen molar-refractivity contribution in [1.29, 1.82) is 0 Å². The molecule has 0 atom stereocenters. The van der Waals surface area contributed by atoms with Crippen molar-refractivity contribution in [1.82, 2.24) is 4.31 Å². The van der Waals surface area contributed by atoms with Gasteiger partial charge in [0.2, 0.25) is 0 Å². The normalized spacial score (nSPS) is 11.8. The molecule has 0 aliphatic carbocycles. The van der Waals surface area contributed by atoms with Gasteiger partial charge in [0.05, 0.1) is 4.47 Å². The third-order valence-corrected chi connectivity index (χ3v) is 4.25. The van der Waals surface area contributed by atoms with E-state index in [1.54, 1.807) is 38.1 Å². The minimum absolute atomic E-state index is 0.300. The lowest BCUT2D eigenvalue weighted by atomic mass is 10.3. The van der Waals surface area contributed by atoms with E-state index < -0.39 is 10.3 Å². The van der Waals surface area contributed by atoms with E-state index in [9.17, 15) is 8.42 Å². The monoisotopic (exact) mass is 307 g/mol. The highest BCUT2D eigenvalue weighted by Crippen LogP contribution is 2.25. The number of benzene rings is 1.